The van der Waals surface area contributed by atoms with Crippen molar-refractivity contribution in [2.24, 2.45) is 0 Å². The smallest absolute Gasteiger partial charge is 0.324 e. The maximum atomic E-state index is 12.3. The SMILES string of the molecule is CC(NS(=O)(=O)c1ccc(Cl)c(Cl)c1)C(=O)OCC(=O)c1ccc(Br)s1. The average molecular weight is 501 g/mol. The van der Waals surface area contributed by atoms with E-state index in [-0.39, 0.29) is 20.7 Å². The molecule has 0 saturated heterocycles. The first-order valence-corrected chi connectivity index (χ1v) is 10.9. The molecular weight excluding hydrogens is 489 g/mol. The highest BCUT2D eigenvalue weighted by Crippen LogP contribution is 2.25. The summed E-state index contributed by atoms with van der Waals surface area (Å²) in [6.07, 6.45) is 0. The number of sulfonamides is 1. The fourth-order valence-electron chi connectivity index (χ4n) is 1.79. The van der Waals surface area contributed by atoms with Gasteiger partial charge in [-0.15, -0.1) is 11.3 Å². The molecule has 1 aromatic heterocycles. The van der Waals surface area contributed by atoms with Gasteiger partial charge in [0.05, 0.1) is 23.6 Å². The van der Waals surface area contributed by atoms with Crippen molar-refractivity contribution < 1.29 is 22.7 Å². The van der Waals surface area contributed by atoms with E-state index in [9.17, 15) is 18.0 Å². The van der Waals surface area contributed by atoms with Crippen LogP contribution in [0.15, 0.2) is 39.0 Å². The Morgan fingerprint density at radius 2 is 1.92 bits per heavy atom. The van der Waals surface area contributed by atoms with Gasteiger partial charge in [0.25, 0.3) is 0 Å². The summed E-state index contributed by atoms with van der Waals surface area (Å²) in [6, 6.07) is 5.86. The normalized spacial score (nSPS) is 12.6. The first kappa shape index (κ1) is 21.3. The van der Waals surface area contributed by atoms with Crippen molar-refractivity contribution in [1.82, 2.24) is 4.72 Å². The Labute approximate surface area is 172 Å². The van der Waals surface area contributed by atoms with Crippen molar-refractivity contribution in [2.75, 3.05) is 6.61 Å². The van der Waals surface area contributed by atoms with Crippen LogP contribution in [0.25, 0.3) is 0 Å². The molecule has 0 amide bonds. The molecule has 1 unspecified atom stereocenters. The minimum Gasteiger partial charge on any atom is -0.456 e. The third-order valence-corrected chi connectivity index (χ3v) is 7.02. The third-order valence-electron chi connectivity index (χ3n) is 3.08. The zero-order valence-electron chi connectivity index (χ0n) is 13.2. The molecule has 6 nitrogen and oxygen atoms in total. The number of esters is 1. The molecule has 1 N–H and O–H groups in total. The number of benzene rings is 1. The van der Waals surface area contributed by atoms with Crippen LogP contribution >= 0.6 is 50.5 Å². The van der Waals surface area contributed by atoms with Gasteiger partial charge in [0, 0.05) is 0 Å². The molecule has 1 heterocycles. The highest BCUT2D eigenvalue weighted by atomic mass is 79.9. The van der Waals surface area contributed by atoms with Crippen LogP contribution in [0, 0.1) is 0 Å². The lowest BCUT2D eigenvalue weighted by molar-refractivity contribution is -0.144. The molecule has 0 saturated carbocycles. The summed E-state index contributed by atoms with van der Waals surface area (Å²) >= 11 is 16.0. The van der Waals surface area contributed by atoms with Crippen molar-refractivity contribution in [2.45, 2.75) is 17.9 Å². The minimum absolute atomic E-state index is 0.0671. The third kappa shape index (κ3) is 5.51. The Bertz CT molecular complexity index is 945. The molecule has 1 atom stereocenters. The number of carbonyl (C=O) groups excluding carboxylic acids is 2. The summed E-state index contributed by atoms with van der Waals surface area (Å²) in [5, 5.41) is 0.272. The maximum Gasteiger partial charge on any atom is 0.324 e. The van der Waals surface area contributed by atoms with E-state index in [1.807, 2.05) is 0 Å². The second-order valence-corrected chi connectivity index (χ2v) is 10.0. The van der Waals surface area contributed by atoms with Crippen LogP contribution in [0.1, 0.15) is 16.6 Å². The summed E-state index contributed by atoms with van der Waals surface area (Å²) in [7, 11) is -4.01. The predicted octanol–water partition coefficient (Wildman–Crippen LogP) is 3.91. The van der Waals surface area contributed by atoms with Gasteiger partial charge in [-0.3, -0.25) is 9.59 Å². The molecule has 0 aliphatic heterocycles. The first-order chi connectivity index (χ1) is 12.1. The number of hydrogen-bond donors (Lipinski definition) is 1. The lowest BCUT2D eigenvalue weighted by Crippen LogP contribution is -2.40. The number of thiophene rings is 1. The number of carbonyl (C=O) groups is 2. The summed E-state index contributed by atoms with van der Waals surface area (Å²) < 4.78 is 32.4. The van der Waals surface area contributed by atoms with Gasteiger partial charge in [0.2, 0.25) is 15.8 Å². The summed E-state index contributed by atoms with van der Waals surface area (Å²) in [4.78, 5) is 24.1. The number of Topliss-reactive ketones (excluding diaryl/α,β-unsaturated/α-hetero) is 1. The molecule has 0 fully saturated rings. The fraction of sp³-hybridized carbons (Fsp3) is 0.200. The summed E-state index contributed by atoms with van der Waals surface area (Å²) in [5.41, 5.74) is 0. The molecule has 0 spiro atoms. The lowest BCUT2D eigenvalue weighted by Gasteiger charge is -2.13. The number of halogens is 3. The van der Waals surface area contributed by atoms with Crippen LogP contribution in [-0.2, 0) is 19.6 Å². The number of ether oxygens (including phenoxy) is 1. The highest BCUT2D eigenvalue weighted by Gasteiger charge is 2.24. The van der Waals surface area contributed by atoms with Crippen LogP contribution in [0.2, 0.25) is 10.0 Å². The van der Waals surface area contributed by atoms with Crippen LogP contribution in [0.4, 0.5) is 0 Å². The predicted molar refractivity (Wildman–Crippen MR) is 104 cm³/mol. The van der Waals surface area contributed by atoms with Crippen molar-refractivity contribution >= 4 is 72.2 Å². The highest BCUT2D eigenvalue weighted by molar-refractivity contribution is 9.11. The summed E-state index contributed by atoms with van der Waals surface area (Å²) in [6.45, 7) is 0.828. The van der Waals surface area contributed by atoms with Gasteiger partial charge >= 0.3 is 5.97 Å². The monoisotopic (exact) mass is 499 g/mol. The maximum absolute atomic E-state index is 12.3. The molecule has 26 heavy (non-hydrogen) atoms. The van der Waals surface area contributed by atoms with Gasteiger partial charge in [-0.05, 0) is 53.2 Å². The van der Waals surface area contributed by atoms with Crippen molar-refractivity contribution in [3.05, 3.63) is 49.0 Å². The van der Waals surface area contributed by atoms with Gasteiger partial charge < -0.3 is 4.74 Å². The molecule has 0 bridgehead atoms. The topological polar surface area (TPSA) is 89.5 Å². The van der Waals surface area contributed by atoms with E-state index in [4.69, 9.17) is 27.9 Å². The average Bonchev–Trinajstić information content (AvgIpc) is 3.00. The Morgan fingerprint density at radius 1 is 1.23 bits per heavy atom. The van der Waals surface area contributed by atoms with Gasteiger partial charge in [-0.25, -0.2) is 8.42 Å². The van der Waals surface area contributed by atoms with Crippen molar-refractivity contribution in [3.8, 4) is 0 Å². The van der Waals surface area contributed by atoms with Crippen LogP contribution < -0.4 is 4.72 Å². The van der Waals surface area contributed by atoms with E-state index < -0.39 is 28.6 Å². The van der Waals surface area contributed by atoms with Crippen molar-refractivity contribution in [3.63, 3.8) is 0 Å². The van der Waals surface area contributed by atoms with Gasteiger partial charge in [-0.1, -0.05) is 23.2 Å². The second kappa shape index (κ2) is 8.81. The van der Waals surface area contributed by atoms with Gasteiger partial charge in [0.15, 0.2) is 6.61 Å². The summed E-state index contributed by atoms with van der Waals surface area (Å²) in [5.74, 6) is -1.26. The molecule has 0 aliphatic carbocycles. The second-order valence-electron chi connectivity index (χ2n) is 5.05. The Morgan fingerprint density at radius 3 is 2.50 bits per heavy atom. The van der Waals surface area contributed by atoms with Gasteiger partial charge in [0.1, 0.15) is 6.04 Å². The lowest BCUT2D eigenvalue weighted by atomic mass is 10.3. The Hall–Kier alpha value is -0.970. The molecule has 140 valence electrons. The molecule has 1 aromatic carbocycles. The number of rotatable bonds is 7. The number of nitrogens with one attached hydrogen (secondary N) is 1. The molecule has 2 aromatic rings. The zero-order valence-corrected chi connectivity index (χ0v) is 17.9. The van der Waals surface area contributed by atoms with E-state index in [1.54, 1.807) is 12.1 Å². The first-order valence-electron chi connectivity index (χ1n) is 7.02. The van der Waals surface area contributed by atoms with E-state index >= 15 is 0 Å². The van der Waals surface area contributed by atoms with E-state index in [0.29, 0.717) is 4.88 Å². The van der Waals surface area contributed by atoms with Gasteiger partial charge in [-0.2, -0.15) is 4.72 Å². The standard InChI is InChI=1S/C15H12BrCl2NO5S2/c1-8(15(21)24-7-12(20)13-4-5-14(16)25-13)19-26(22,23)9-2-3-10(17)11(18)6-9/h2-6,8,19H,7H2,1H3. The van der Waals surface area contributed by atoms with E-state index in [0.717, 1.165) is 3.79 Å². The quantitative estimate of drug-likeness (QED) is 0.459. The fourth-order valence-corrected chi connectivity index (χ4v) is 4.68. The Kier molecular flexibility index (Phi) is 7.23. The van der Waals surface area contributed by atoms with E-state index in [1.165, 1.54) is 36.5 Å². The van der Waals surface area contributed by atoms with Crippen LogP contribution in [0.5, 0.6) is 0 Å². The van der Waals surface area contributed by atoms with Crippen molar-refractivity contribution in [1.29, 1.82) is 0 Å². The molecular formula is C15H12BrCl2NO5S2. The minimum atomic E-state index is -4.01. The molecule has 0 aliphatic rings. The Balaban J connectivity index is 1.97. The number of hydrogen-bond acceptors (Lipinski definition) is 6. The molecule has 2 rings (SSSR count). The van der Waals surface area contributed by atoms with Crippen LogP contribution in [0.3, 0.4) is 0 Å². The zero-order chi connectivity index (χ0) is 19.5. The van der Waals surface area contributed by atoms with Crippen LogP contribution in [-0.4, -0.2) is 32.8 Å². The molecule has 0 radical (unpaired) electrons. The molecule has 11 heteroatoms. The van der Waals surface area contributed by atoms with E-state index in [2.05, 4.69) is 20.7 Å². The number of ketones is 1. The largest absolute Gasteiger partial charge is 0.456 e.